The van der Waals surface area contributed by atoms with Gasteiger partial charge in [0.2, 0.25) is 0 Å². The van der Waals surface area contributed by atoms with E-state index in [0.717, 1.165) is 10.5 Å². The lowest BCUT2D eigenvalue weighted by Crippen LogP contribution is -2.39. The summed E-state index contributed by atoms with van der Waals surface area (Å²) >= 11 is 0. The Hall–Kier alpha value is -4.59. The highest BCUT2D eigenvalue weighted by Gasteiger charge is 2.47. The van der Waals surface area contributed by atoms with Crippen molar-refractivity contribution in [2.24, 2.45) is 7.05 Å². The van der Waals surface area contributed by atoms with E-state index < -0.39 is 23.2 Å². The molecular formula is C27H22FN4O3+. The van der Waals surface area contributed by atoms with Crippen molar-refractivity contribution in [3.63, 3.8) is 0 Å². The third-order valence-electron chi connectivity index (χ3n) is 5.96. The molecule has 0 saturated heterocycles. The highest BCUT2D eigenvalue weighted by atomic mass is 19.1. The highest BCUT2D eigenvalue weighted by Crippen LogP contribution is 2.34. The summed E-state index contributed by atoms with van der Waals surface area (Å²) < 4.78 is 16.3. The third-order valence-corrected chi connectivity index (χ3v) is 5.96. The molecule has 1 aliphatic rings. The van der Waals surface area contributed by atoms with E-state index in [0.29, 0.717) is 16.8 Å². The summed E-state index contributed by atoms with van der Waals surface area (Å²) in [7, 11) is 1.57. The fourth-order valence-electron chi connectivity index (χ4n) is 4.27. The Morgan fingerprint density at radius 1 is 0.914 bits per heavy atom. The Bertz CT molecular complexity index is 1550. The van der Waals surface area contributed by atoms with E-state index in [1.54, 1.807) is 30.1 Å². The molecule has 0 atom stereocenters. The van der Waals surface area contributed by atoms with Gasteiger partial charge in [0.05, 0.1) is 17.8 Å². The quantitative estimate of drug-likeness (QED) is 0.361. The largest absolute Gasteiger partial charge is 0.327 e. The average molecular weight is 469 g/mol. The second-order valence-corrected chi connectivity index (χ2v) is 8.43. The Morgan fingerprint density at radius 2 is 1.63 bits per heavy atom. The highest BCUT2D eigenvalue weighted by molar-refractivity contribution is 6.45. The van der Waals surface area contributed by atoms with Gasteiger partial charge in [-0.3, -0.25) is 29.1 Å². The van der Waals surface area contributed by atoms with Crippen LogP contribution in [0.25, 0.3) is 22.5 Å². The first kappa shape index (κ1) is 22.2. The van der Waals surface area contributed by atoms with Crippen LogP contribution in [0.15, 0.2) is 83.9 Å². The summed E-state index contributed by atoms with van der Waals surface area (Å²) in [4.78, 5) is 41.9. The lowest BCUT2D eigenvalue weighted by Gasteiger charge is -2.14. The maximum absolute atomic E-state index is 13.8. The summed E-state index contributed by atoms with van der Waals surface area (Å²) in [5, 5.41) is 3.03. The molecule has 1 N–H and O–H groups in total. The Kier molecular flexibility index (Phi) is 5.49. The summed E-state index contributed by atoms with van der Waals surface area (Å²) in [6.07, 6.45) is 3.41. The van der Waals surface area contributed by atoms with Gasteiger partial charge in [-0.1, -0.05) is 42.5 Å². The van der Waals surface area contributed by atoms with Crippen LogP contribution in [-0.4, -0.2) is 26.5 Å². The number of amides is 2. The molecular weight excluding hydrogens is 447 g/mol. The number of rotatable bonds is 5. The van der Waals surface area contributed by atoms with Crippen molar-refractivity contribution in [3.8, 4) is 11.3 Å². The van der Waals surface area contributed by atoms with E-state index in [1.807, 2.05) is 43.3 Å². The second-order valence-electron chi connectivity index (χ2n) is 8.43. The monoisotopic (exact) mass is 469 g/mol. The number of aromatic amines is 1. The van der Waals surface area contributed by atoms with E-state index in [4.69, 9.17) is 0 Å². The number of imide groups is 1. The minimum absolute atomic E-state index is 0.0217. The van der Waals surface area contributed by atoms with Crippen LogP contribution in [-0.2, 0) is 23.2 Å². The molecule has 0 fully saturated rings. The summed E-state index contributed by atoms with van der Waals surface area (Å²) in [5.41, 5.74) is 2.44. The van der Waals surface area contributed by atoms with Crippen molar-refractivity contribution >= 4 is 23.1 Å². The van der Waals surface area contributed by atoms with E-state index in [9.17, 15) is 18.8 Å². The molecule has 5 rings (SSSR count). The lowest BCUT2D eigenvalue weighted by atomic mass is 10.0. The van der Waals surface area contributed by atoms with Crippen LogP contribution in [0.4, 0.5) is 4.39 Å². The molecule has 35 heavy (non-hydrogen) atoms. The molecule has 0 bridgehead atoms. The van der Waals surface area contributed by atoms with Crippen LogP contribution < -0.4 is 10.1 Å². The number of aryl methyl sites for hydroxylation is 2. The molecule has 8 heteroatoms. The van der Waals surface area contributed by atoms with Crippen molar-refractivity contribution in [2.45, 2.75) is 13.5 Å². The van der Waals surface area contributed by atoms with Crippen molar-refractivity contribution < 1.29 is 18.5 Å². The smallest absolute Gasteiger partial charge is 0.295 e. The number of hydrogen-bond donors (Lipinski definition) is 1. The molecule has 0 aliphatic carbocycles. The molecule has 1 aliphatic heterocycles. The van der Waals surface area contributed by atoms with Gasteiger partial charge < -0.3 is 0 Å². The van der Waals surface area contributed by atoms with Crippen LogP contribution in [0.5, 0.6) is 0 Å². The molecule has 0 saturated carbocycles. The van der Waals surface area contributed by atoms with E-state index in [1.165, 1.54) is 28.9 Å². The summed E-state index contributed by atoms with van der Waals surface area (Å²) in [6, 6.07) is 18.4. The van der Waals surface area contributed by atoms with Gasteiger partial charge in [0.25, 0.3) is 17.2 Å². The molecule has 0 radical (unpaired) electrons. The zero-order valence-electron chi connectivity index (χ0n) is 19.2. The summed E-state index contributed by atoms with van der Waals surface area (Å²) in [6.45, 7) is 1.82. The number of halogens is 1. The standard InChI is InChI=1S/C27H21FN4O3/c1-17-7-6-14-31(15-17)24-22(21-23(29-30(2)25(21)33)19-8-4-3-5-9-19)26(34)32(27(24)35)16-18-10-12-20(28)13-11-18/h3-15H,16H2,1-2H3/p+1. The molecule has 174 valence electrons. The molecule has 2 aromatic carbocycles. The van der Waals surface area contributed by atoms with Crippen molar-refractivity contribution in [3.05, 3.63) is 112 Å². The molecule has 7 nitrogen and oxygen atoms in total. The lowest BCUT2D eigenvalue weighted by molar-refractivity contribution is -0.577. The van der Waals surface area contributed by atoms with Crippen molar-refractivity contribution in [1.29, 1.82) is 0 Å². The minimum atomic E-state index is -0.586. The number of carbonyl (C=O) groups excluding carboxylic acids is 2. The fourth-order valence-corrected chi connectivity index (χ4v) is 4.27. The van der Waals surface area contributed by atoms with Crippen molar-refractivity contribution in [1.82, 2.24) is 14.7 Å². The Balaban J connectivity index is 1.73. The van der Waals surface area contributed by atoms with Crippen LogP contribution in [0.1, 0.15) is 16.7 Å². The number of aromatic nitrogens is 3. The number of carbonyl (C=O) groups is 2. The Labute approximate surface area is 200 Å². The van der Waals surface area contributed by atoms with Crippen LogP contribution >= 0.6 is 0 Å². The first-order valence-corrected chi connectivity index (χ1v) is 11.0. The predicted octanol–water partition coefficient (Wildman–Crippen LogP) is 3.05. The van der Waals surface area contributed by atoms with Gasteiger partial charge in [-0.15, -0.1) is 0 Å². The molecule has 0 unspecified atom stereocenters. The van der Waals surface area contributed by atoms with Gasteiger partial charge in [-0.2, -0.15) is 4.57 Å². The van der Waals surface area contributed by atoms with E-state index in [2.05, 4.69) is 5.10 Å². The fraction of sp³-hybridized carbons (Fsp3) is 0.111. The molecule has 4 aromatic rings. The number of hydrogen-bond acceptors (Lipinski definition) is 3. The normalized spacial score (nSPS) is 13.7. The minimum Gasteiger partial charge on any atom is -0.295 e. The van der Waals surface area contributed by atoms with E-state index in [-0.39, 0.29) is 23.4 Å². The topological polar surface area (TPSA) is 79.1 Å². The number of pyridine rings is 1. The first-order valence-electron chi connectivity index (χ1n) is 11.0. The van der Waals surface area contributed by atoms with Gasteiger partial charge in [0.1, 0.15) is 11.4 Å². The van der Waals surface area contributed by atoms with Gasteiger partial charge in [-0.05, 0) is 30.7 Å². The predicted molar refractivity (Wildman–Crippen MR) is 128 cm³/mol. The maximum atomic E-state index is 13.8. The number of nitrogens with zero attached hydrogens (tertiary/aromatic N) is 3. The van der Waals surface area contributed by atoms with Crippen LogP contribution in [0.2, 0.25) is 0 Å². The van der Waals surface area contributed by atoms with Gasteiger partial charge in [0.15, 0.2) is 12.4 Å². The molecule has 2 amide bonds. The molecule has 2 aromatic heterocycles. The zero-order chi connectivity index (χ0) is 24.7. The third kappa shape index (κ3) is 3.89. The zero-order valence-corrected chi connectivity index (χ0v) is 19.2. The number of nitrogens with one attached hydrogen (secondary N) is 1. The van der Waals surface area contributed by atoms with Gasteiger partial charge in [-0.25, -0.2) is 4.39 Å². The van der Waals surface area contributed by atoms with Crippen molar-refractivity contribution in [2.75, 3.05) is 0 Å². The molecule has 3 heterocycles. The Morgan fingerprint density at radius 3 is 2.31 bits per heavy atom. The number of H-pyrrole nitrogens is 1. The first-order chi connectivity index (χ1) is 16.8. The average Bonchev–Trinajstić information content (AvgIpc) is 3.28. The van der Waals surface area contributed by atoms with Crippen LogP contribution in [0.3, 0.4) is 0 Å². The van der Waals surface area contributed by atoms with Gasteiger partial charge in [0, 0.05) is 24.2 Å². The SMILES string of the molecule is Cc1ccc[n+](C2=C(c3c(-c4ccccc4)[nH]n(C)c3=O)C(=O)N(Cc3ccc(F)cc3)C2=O)c1. The van der Waals surface area contributed by atoms with Gasteiger partial charge >= 0.3 is 5.91 Å². The maximum Gasteiger partial charge on any atom is 0.327 e. The molecule has 0 spiro atoms. The second kappa shape index (κ2) is 8.64. The van der Waals surface area contributed by atoms with E-state index >= 15 is 0 Å². The number of benzene rings is 2. The summed E-state index contributed by atoms with van der Waals surface area (Å²) in [5.74, 6) is -1.53. The van der Waals surface area contributed by atoms with Crippen LogP contribution in [0, 0.1) is 12.7 Å².